The van der Waals surface area contributed by atoms with E-state index in [1.165, 1.54) is 44.9 Å². The third-order valence-corrected chi connectivity index (χ3v) is 5.88. The van der Waals surface area contributed by atoms with Crippen LogP contribution < -0.4 is 5.32 Å². The molecule has 1 saturated carbocycles. The normalized spacial score (nSPS) is 27.5. The van der Waals surface area contributed by atoms with Crippen molar-refractivity contribution in [3.05, 3.63) is 0 Å². The van der Waals surface area contributed by atoms with Gasteiger partial charge in [-0.1, -0.05) is 19.3 Å². The molecule has 4 nitrogen and oxygen atoms in total. The van der Waals surface area contributed by atoms with Gasteiger partial charge in [0.1, 0.15) is 0 Å². The Kier molecular flexibility index (Phi) is 5.17. The van der Waals surface area contributed by atoms with Crippen LogP contribution in [-0.2, 0) is 4.79 Å². The summed E-state index contributed by atoms with van der Waals surface area (Å²) in [6, 6.07) is 0. The molecule has 0 bridgehead atoms. The third-order valence-electron chi connectivity index (χ3n) is 5.88. The quantitative estimate of drug-likeness (QED) is 0.844. The number of piperidine rings is 1. The van der Waals surface area contributed by atoms with Crippen LogP contribution in [0.4, 0.5) is 0 Å². The molecule has 21 heavy (non-hydrogen) atoms. The number of amides is 1. The molecule has 1 spiro atoms. The van der Waals surface area contributed by atoms with Gasteiger partial charge in [-0.3, -0.25) is 9.69 Å². The molecule has 3 fully saturated rings. The summed E-state index contributed by atoms with van der Waals surface area (Å²) in [7, 11) is 0. The minimum atomic E-state index is 0.346. The van der Waals surface area contributed by atoms with Gasteiger partial charge in [-0.25, -0.2) is 0 Å². The lowest BCUT2D eigenvalue weighted by Crippen LogP contribution is -2.47. The van der Waals surface area contributed by atoms with Gasteiger partial charge in [0.15, 0.2) is 0 Å². The van der Waals surface area contributed by atoms with Crippen molar-refractivity contribution in [2.45, 2.75) is 51.4 Å². The second-order valence-electron chi connectivity index (χ2n) is 7.32. The van der Waals surface area contributed by atoms with E-state index in [0.717, 1.165) is 45.7 Å². The lowest BCUT2D eigenvalue weighted by atomic mass is 9.68. The Bertz CT molecular complexity index is 334. The molecule has 0 unspecified atom stereocenters. The number of nitrogens with zero attached hydrogens (tertiary/aromatic N) is 2. The van der Waals surface area contributed by atoms with Crippen LogP contribution in [0.25, 0.3) is 0 Å². The largest absolute Gasteiger partial charge is 0.340 e. The Morgan fingerprint density at radius 1 is 0.857 bits per heavy atom. The molecule has 4 heteroatoms. The number of likely N-dealkylation sites (tertiary alicyclic amines) is 1. The molecule has 2 saturated heterocycles. The predicted molar refractivity (Wildman–Crippen MR) is 85.3 cm³/mol. The van der Waals surface area contributed by atoms with Crippen LogP contribution in [0.5, 0.6) is 0 Å². The van der Waals surface area contributed by atoms with E-state index in [0.29, 0.717) is 17.9 Å². The molecule has 0 radical (unpaired) electrons. The molecule has 3 aliphatic rings. The topological polar surface area (TPSA) is 35.6 Å². The first kappa shape index (κ1) is 15.3. The zero-order valence-electron chi connectivity index (χ0n) is 13.4. The van der Waals surface area contributed by atoms with Crippen molar-refractivity contribution in [1.82, 2.24) is 15.1 Å². The summed E-state index contributed by atoms with van der Waals surface area (Å²) in [5.41, 5.74) is 0.643. The first-order valence-corrected chi connectivity index (χ1v) is 8.98. The van der Waals surface area contributed by atoms with Crippen LogP contribution in [0.1, 0.15) is 51.4 Å². The van der Waals surface area contributed by atoms with Crippen molar-refractivity contribution in [3.63, 3.8) is 0 Å². The summed E-state index contributed by atoms with van der Waals surface area (Å²) < 4.78 is 0. The Hall–Kier alpha value is -0.610. The van der Waals surface area contributed by atoms with Crippen LogP contribution in [0.15, 0.2) is 0 Å². The summed E-state index contributed by atoms with van der Waals surface area (Å²) in [6.45, 7) is 6.75. The molecule has 1 N–H and O–H groups in total. The van der Waals surface area contributed by atoms with Crippen molar-refractivity contribution >= 4 is 5.91 Å². The van der Waals surface area contributed by atoms with Gasteiger partial charge >= 0.3 is 0 Å². The maximum absolute atomic E-state index is 12.4. The maximum Gasteiger partial charge on any atom is 0.236 e. The standard InChI is InChI=1S/C17H31N3O/c21-16(20-11-4-9-18-10-14-20)15-19-12-7-17(8-13-19)5-2-1-3-6-17/h18H,1-15H2. The Balaban J connectivity index is 1.45. The molecule has 120 valence electrons. The maximum atomic E-state index is 12.4. The minimum absolute atomic E-state index is 0.346. The lowest BCUT2D eigenvalue weighted by molar-refractivity contribution is -0.133. The highest BCUT2D eigenvalue weighted by Gasteiger charge is 2.36. The van der Waals surface area contributed by atoms with Gasteiger partial charge < -0.3 is 10.2 Å². The molecule has 1 amide bonds. The van der Waals surface area contributed by atoms with Gasteiger partial charge in [0, 0.05) is 19.6 Å². The van der Waals surface area contributed by atoms with E-state index in [1.807, 2.05) is 0 Å². The fourth-order valence-electron chi connectivity index (χ4n) is 4.37. The SMILES string of the molecule is O=C(CN1CCC2(CCCCC2)CC1)N1CCCNCC1. The zero-order chi connectivity index (χ0) is 14.5. The van der Waals surface area contributed by atoms with Gasteiger partial charge in [-0.15, -0.1) is 0 Å². The van der Waals surface area contributed by atoms with Crippen molar-refractivity contribution < 1.29 is 4.79 Å². The van der Waals surface area contributed by atoms with Crippen LogP contribution in [0.3, 0.4) is 0 Å². The van der Waals surface area contributed by atoms with E-state index in [1.54, 1.807) is 0 Å². The van der Waals surface area contributed by atoms with Crippen molar-refractivity contribution in [1.29, 1.82) is 0 Å². The molecule has 0 atom stereocenters. The second kappa shape index (κ2) is 7.10. The fraction of sp³-hybridized carbons (Fsp3) is 0.941. The summed E-state index contributed by atoms with van der Waals surface area (Å²) in [6.07, 6.45) is 10.9. The molecule has 1 aliphatic carbocycles. The first-order chi connectivity index (χ1) is 10.3. The first-order valence-electron chi connectivity index (χ1n) is 8.98. The van der Waals surface area contributed by atoms with Gasteiger partial charge in [0.2, 0.25) is 5.91 Å². The van der Waals surface area contributed by atoms with Gasteiger partial charge in [-0.2, -0.15) is 0 Å². The van der Waals surface area contributed by atoms with Gasteiger partial charge in [0.25, 0.3) is 0 Å². The third kappa shape index (κ3) is 3.98. The smallest absolute Gasteiger partial charge is 0.236 e. The molecular weight excluding hydrogens is 262 g/mol. The summed E-state index contributed by atoms with van der Waals surface area (Å²) in [5, 5.41) is 3.37. The molecule has 0 aromatic heterocycles. The van der Waals surface area contributed by atoms with E-state index < -0.39 is 0 Å². The summed E-state index contributed by atoms with van der Waals surface area (Å²) in [4.78, 5) is 16.9. The molecule has 3 rings (SSSR count). The number of nitrogens with one attached hydrogen (secondary N) is 1. The number of carbonyl (C=O) groups excluding carboxylic acids is 1. The van der Waals surface area contributed by atoms with E-state index >= 15 is 0 Å². The Morgan fingerprint density at radius 3 is 2.38 bits per heavy atom. The van der Waals surface area contributed by atoms with Crippen LogP contribution in [0.2, 0.25) is 0 Å². The van der Waals surface area contributed by atoms with Crippen LogP contribution >= 0.6 is 0 Å². The zero-order valence-corrected chi connectivity index (χ0v) is 13.4. The Labute approximate surface area is 129 Å². The average molecular weight is 293 g/mol. The fourth-order valence-corrected chi connectivity index (χ4v) is 4.37. The van der Waals surface area contributed by atoms with Crippen molar-refractivity contribution in [2.75, 3.05) is 45.8 Å². The van der Waals surface area contributed by atoms with Crippen LogP contribution in [-0.4, -0.2) is 61.5 Å². The monoisotopic (exact) mass is 293 g/mol. The molecule has 0 aromatic carbocycles. The molecule has 0 aromatic rings. The van der Waals surface area contributed by atoms with Crippen LogP contribution in [0, 0.1) is 5.41 Å². The lowest BCUT2D eigenvalue weighted by Gasteiger charge is -2.44. The number of hydrogen-bond donors (Lipinski definition) is 1. The molecular formula is C17H31N3O. The summed E-state index contributed by atoms with van der Waals surface area (Å²) >= 11 is 0. The van der Waals surface area contributed by atoms with E-state index in [4.69, 9.17) is 0 Å². The van der Waals surface area contributed by atoms with E-state index in [-0.39, 0.29) is 0 Å². The second-order valence-corrected chi connectivity index (χ2v) is 7.32. The van der Waals surface area contributed by atoms with Gasteiger partial charge in [0.05, 0.1) is 6.54 Å². The highest BCUT2D eigenvalue weighted by Crippen LogP contribution is 2.44. The van der Waals surface area contributed by atoms with E-state index in [9.17, 15) is 4.79 Å². The number of carbonyl (C=O) groups is 1. The number of rotatable bonds is 2. The van der Waals surface area contributed by atoms with Gasteiger partial charge in [-0.05, 0) is 57.2 Å². The molecule has 2 heterocycles. The van der Waals surface area contributed by atoms with Crippen molar-refractivity contribution in [2.24, 2.45) is 5.41 Å². The Morgan fingerprint density at radius 2 is 1.62 bits per heavy atom. The molecule has 2 aliphatic heterocycles. The number of hydrogen-bond acceptors (Lipinski definition) is 3. The summed E-state index contributed by atoms with van der Waals surface area (Å²) in [5.74, 6) is 0.346. The highest BCUT2D eigenvalue weighted by molar-refractivity contribution is 5.78. The predicted octanol–water partition coefficient (Wildman–Crippen LogP) is 1.85. The van der Waals surface area contributed by atoms with Crippen molar-refractivity contribution in [3.8, 4) is 0 Å². The highest BCUT2D eigenvalue weighted by atomic mass is 16.2. The minimum Gasteiger partial charge on any atom is -0.340 e. The average Bonchev–Trinajstić information content (AvgIpc) is 2.80. The van der Waals surface area contributed by atoms with E-state index in [2.05, 4.69) is 15.1 Å².